The van der Waals surface area contributed by atoms with E-state index >= 15 is 0 Å². The van der Waals surface area contributed by atoms with Crippen molar-refractivity contribution in [3.05, 3.63) is 36.2 Å². The monoisotopic (exact) mass is 252 g/mol. The minimum Gasteiger partial charge on any atom is -0.336 e. The van der Waals surface area contributed by atoms with Gasteiger partial charge in [-0.05, 0) is 25.3 Å². The van der Waals surface area contributed by atoms with Crippen LogP contribution in [0.3, 0.4) is 0 Å². The number of nitrogens with zero attached hydrogens (tertiary/aromatic N) is 2. The Morgan fingerprint density at radius 1 is 1.65 bits per heavy atom. The lowest BCUT2D eigenvalue weighted by Gasteiger charge is -2.15. The van der Waals surface area contributed by atoms with Crippen molar-refractivity contribution in [2.75, 3.05) is 12.4 Å². The Bertz CT molecular complexity index is 353. The molecule has 0 unspecified atom stereocenters. The lowest BCUT2D eigenvalue weighted by atomic mass is 10.1. The van der Waals surface area contributed by atoms with E-state index in [2.05, 4.69) is 35.7 Å². The summed E-state index contributed by atoms with van der Waals surface area (Å²) < 4.78 is 0. The molecular formula is C14H21ClN2. The molecule has 0 fully saturated rings. The van der Waals surface area contributed by atoms with Crippen LogP contribution in [0.25, 0.3) is 0 Å². The number of aliphatic imine (C=N–C) groups is 1. The number of rotatable bonds is 6. The molecule has 0 aromatic carbocycles. The van der Waals surface area contributed by atoms with Crippen molar-refractivity contribution in [1.29, 1.82) is 0 Å². The molecule has 0 amide bonds. The summed E-state index contributed by atoms with van der Waals surface area (Å²) in [5.74, 6) is 1.78. The number of hydrogen-bond acceptors (Lipinski definition) is 1. The van der Waals surface area contributed by atoms with Crippen molar-refractivity contribution in [1.82, 2.24) is 4.90 Å². The van der Waals surface area contributed by atoms with Crippen molar-refractivity contribution in [2.24, 2.45) is 4.99 Å². The standard InChI is InChI=1S/C14H21ClN2/c1-4-5-8-16-14-10-13(12(2)3)11-17(14)9-6-7-15/h5,8,11H,2,4,6-7,9-10H2,1,3H3/b8-5-,16-14?. The van der Waals surface area contributed by atoms with Crippen LogP contribution >= 0.6 is 11.6 Å². The molecule has 1 heterocycles. The lowest BCUT2D eigenvalue weighted by molar-refractivity contribution is 0.556. The average Bonchev–Trinajstić information content (AvgIpc) is 2.70. The van der Waals surface area contributed by atoms with E-state index in [0.29, 0.717) is 5.88 Å². The average molecular weight is 253 g/mol. The summed E-state index contributed by atoms with van der Waals surface area (Å²) in [5, 5.41) is 0. The van der Waals surface area contributed by atoms with Crippen molar-refractivity contribution in [3.63, 3.8) is 0 Å². The van der Waals surface area contributed by atoms with Gasteiger partial charge in [0.2, 0.25) is 0 Å². The summed E-state index contributed by atoms with van der Waals surface area (Å²) in [6, 6.07) is 0. The molecule has 0 bridgehead atoms. The zero-order valence-corrected chi connectivity index (χ0v) is 11.5. The normalized spacial score (nSPS) is 18.2. The number of alkyl halides is 1. The van der Waals surface area contributed by atoms with Crippen LogP contribution in [0.4, 0.5) is 0 Å². The van der Waals surface area contributed by atoms with Crippen molar-refractivity contribution in [2.45, 2.75) is 33.1 Å². The van der Waals surface area contributed by atoms with Crippen molar-refractivity contribution >= 4 is 17.4 Å². The van der Waals surface area contributed by atoms with E-state index in [4.69, 9.17) is 11.6 Å². The van der Waals surface area contributed by atoms with Crippen LogP contribution in [0.2, 0.25) is 0 Å². The van der Waals surface area contributed by atoms with Gasteiger partial charge in [-0.3, -0.25) is 0 Å². The highest BCUT2D eigenvalue weighted by Gasteiger charge is 2.19. The third-order valence-electron chi connectivity index (χ3n) is 2.64. The predicted molar refractivity (Wildman–Crippen MR) is 76.4 cm³/mol. The second kappa shape index (κ2) is 7.33. The summed E-state index contributed by atoms with van der Waals surface area (Å²) in [6.45, 7) is 9.06. The lowest BCUT2D eigenvalue weighted by Crippen LogP contribution is -2.22. The summed E-state index contributed by atoms with van der Waals surface area (Å²) in [7, 11) is 0. The maximum absolute atomic E-state index is 5.73. The van der Waals surface area contributed by atoms with Gasteiger partial charge in [0.1, 0.15) is 5.84 Å². The Hall–Kier alpha value is -1.02. The molecule has 0 aliphatic carbocycles. The van der Waals surface area contributed by atoms with Gasteiger partial charge in [0.05, 0.1) is 0 Å². The van der Waals surface area contributed by atoms with Gasteiger partial charge in [0.15, 0.2) is 0 Å². The van der Waals surface area contributed by atoms with Gasteiger partial charge in [-0.2, -0.15) is 0 Å². The Morgan fingerprint density at radius 2 is 2.41 bits per heavy atom. The highest BCUT2D eigenvalue weighted by molar-refractivity contribution is 6.17. The molecule has 0 spiro atoms. The van der Waals surface area contributed by atoms with Gasteiger partial charge >= 0.3 is 0 Å². The molecule has 0 radical (unpaired) electrons. The Kier molecular flexibility index (Phi) is 6.06. The van der Waals surface area contributed by atoms with Crippen LogP contribution < -0.4 is 0 Å². The largest absolute Gasteiger partial charge is 0.336 e. The number of hydrogen-bond donors (Lipinski definition) is 0. The minimum atomic E-state index is 0.685. The highest BCUT2D eigenvalue weighted by atomic mass is 35.5. The van der Waals surface area contributed by atoms with E-state index in [0.717, 1.165) is 37.2 Å². The van der Waals surface area contributed by atoms with Gasteiger partial charge in [0, 0.05) is 31.2 Å². The van der Waals surface area contributed by atoms with E-state index in [-0.39, 0.29) is 0 Å². The molecule has 17 heavy (non-hydrogen) atoms. The van der Waals surface area contributed by atoms with E-state index in [1.807, 2.05) is 13.1 Å². The van der Waals surface area contributed by atoms with Crippen LogP contribution in [0.15, 0.2) is 41.2 Å². The zero-order valence-electron chi connectivity index (χ0n) is 10.7. The molecule has 2 nitrogen and oxygen atoms in total. The molecule has 1 aliphatic heterocycles. The van der Waals surface area contributed by atoms with Gasteiger partial charge in [-0.1, -0.05) is 25.2 Å². The molecule has 0 saturated heterocycles. The topological polar surface area (TPSA) is 15.6 Å². The molecule has 0 aromatic heterocycles. The highest BCUT2D eigenvalue weighted by Crippen LogP contribution is 2.23. The molecule has 1 rings (SSSR count). The number of amidine groups is 1. The fourth-order valence-corrected chi connectivity index (χ4v) is 1.75. The van der Waals surface area contributed by atoms with Crippen LogP contribution in [0.1, 0.15) is 33.1 Å². The molecule has 94 valence electrons. The number of halogens is 1. The van der Waals surface area contributed by atoms with Crippen LogP contribution in [0, 0.1) is 0 Å². The third-order valence-corrected chi connectivity index (χ3v) is 2.90. The summed E-state index contributed by atoms with van der Waals surface area (Å²) in [4.78, 5) is 6.69. The van der Waals surface area contributed by atoms with E-state index in [1.165, 1.54) is 5.57 Å². The molecule has 1 aliphatic rings. The molecule has 0 atom stereocenters. The fraction of sp³-hybridized carbons (Fsp3) is 0.500. The van der Waals surface area contributed by atoms with Gasteiger partial charge < -0.3 is 4.90 Å². The van der Waals surface area contributed by atoms with E-state index < -0.39 is 0 Å². The zero-order chi connectivity index (χ0) is 12.7. The first kappa shape index (κ1) is 14.0. The quantitative estimate of drug-likeness (QED) is 0.650. The predicted octanol–water partition coefficient (Wildman–Crippen LogP) is 4.10. The van der Waals surface area contributed by atoms with Crippen LogP contribution in [-0.2, 0) is 0 Å². The second-order valence-corrected chi connectivity index (χ2v) is 4.56. The molecule has 3 heteroatoms. The SMILES string of the molecule is C=C(C)C1=CN(CCCCl)C(=N/C=C\CC)C1. The summed E-state index contributed by atoms with van der Waals surface area (Å²) in [6.07, 6.45) is 8.96. The smallest absolute Gasteiger partial charge is 0.113 e. The van der Waals surface area contributed by atoms with Crippen molar-refractivity contribution in [3.8, 4) is 0 Å². The molecular weight excluding hydrogens is 232 g/mol. The first-order chi connectivity index (χ1) is 8.19. The van der Waals surface area contributed by atoms with Gasteiger partial charge in [-0.15, -0.1) is 11.6 Å². The Morgan fingerprint density at radius 3 is 3.00 bits per heavy atom. The fourth-order valence-electron chi connectivity index (χ4n) is 1.63. The molecule has 0 N–H and O–H groups in total. The third kappa shape index (κ3) is 4.39. The number of allylic oxidation sites excluding steroid dienone is 2. The minimum absolute atomic E-state index is 0.685. The first-order valence-corrected chi connectivity index (χ1v) is 6.63. The molecule has 0 aromatic rings. The van der Waals surface area contributed by atoms with Gasteiger partial charge in [-0.25, -0.2) is 4.99 Å². The van der Waals surface area contributed by atoms with Crippen LogP contribution in [-0.4, -0.2) is 23.2 Å². The maximum atomic E-state index is 5.73. The second-order valence-electron chi connectivity index (χ2n) is 4.19. The Labute approximate surface area is 109 Å². The summed E-state index contributed by atoms with van der Waals surface area (Å²) in [5.41, 5.74) is 2.38. The Balaban J connectivity index is 2.73. The van der Waals surface area contributed by atoms with Crippen LogP contribution in [0.5, 0.6) is 0 Å². The maximum Gasteiger partial charge on any atom is 0.113 e. The van der Waals surface area contributed by atoms with Crippen molar-refractivity contribution < 1.29 is 0 Å². The van der Waals surface area contributed by atoms with Gasteiger partial charge in [0.25, 0.3) is 0 Å². The van der Waals surface area contributed by atoms with E-state index in [1.54, 1.807) is 0 Å². The summed E-state index contributed by atoms with van der Waals surface area (Å²) >= 11 is 5.73. The van der Waals surface area contributed by atoms with E-state index in [9.17, 15) is 0 Å². The first-order valence-electron chi connectivity index (χ1n) is 6.10. The molecule has 0 saturated carbocycles.